The first-order valence-electron chi connectivity index (χ1n) is 12.0. The minimum atomic E-state index is 0.383. The average Bonchev–Trinajstić information content (AvgIpc) is 2.72. The van der Waals surface area contributed by atoms with Crippen LogP contribution in [0.4, 0.5) is 0 Å². The summed E-state index contributed by atoms with van der Waals surface area (Å²) in [6.45, 7) is 2.33. The van der Waals surface area contributed by atoms with Crippen molar-refractivity contribution in [1.82, 2.24) is 0 Å². The quantitative estimate of drug-likeness (QED) is 0.468. The van der Waals surface area contributed by atoms with Crippen molar-refractivity contribution in [3.05, 3.63) is 29.8 Å². The first kappa shape index (κ1) is 20.7. The molecule has 0 unspecified atom stereocenters. The zero-order valence-corrected chi connectivity index (χ0v) is 17.7. The molecule has 2 aliphatic carbocycles. The molecule has 2 fully saturated rings. The standard InChI is InChI=1S/C26H42O/c1-2-3-4-21-5-7-22(8-6-21)9-10-23-11-13-24(14-12-23)15-16-25-17-19-26(27)20-18-25/h17-24,27H,2-16H2,1H3/t21-,22-,23-,24-. The van der Waals surface area contributed by atoms with Crippen LogP contribution in [0.5, 0.6) is 5.75 Å². The van der Waals surface area contributed by atoms with E-state index in [0.29, 0.717) is 5.75 Å². The summed E-state index contributed by atoms with van der Waals surface area (Å²) in [7, 11) is 0. The molecule has 27 heavy (non-hydrogen) atoms. The molecular formula is C26H42O. The zero-order chi connectivity index (χ0) is 18.9. The summed E-state index contributed by atoms with van der Waals surface area (Å²) in [5, 5.41) is 9.39. The molecule has 1 aromatic carbocycles. The summed E-state index contributed by atoms with van der Waals surface area (Å²) < 4.78 is 0. The van der Waals surface area contributed by atoms with E-state index >= 15 is 0 Å². The van der Waals surface area contributed by atoms with Crippen LogP contribution < -0.4 is 0 Å². The van der Waals surface area contributed by atoms with E-state index in [0.717, 1.165) is 23.7 Å². The fraction of sp³-hybridized carbons (Fsp3) is 0.769. The molecule has 0 radical (unpaired) electrons. The van der Waals surface area contributed by atoms with Gasteiger partial charge in [-0.2, -0.15) is 0 Å². The van der Waals surface area contributed by atoms with Crippen molar-refractivity contribution in [3.63, 3.8) is 0 Å². The van der Waals surface area contributed by atoms with Crippen molar-refractivity contribution in [2.75, 3.05) is 0 Å². The maximum atomic E-state index is 9.39. The fourth-order valence-electron chi connectivity index (χ4n) is 5.62. The highest BCUT2D eigenvalue weighted by Gasteiger charge is 2.24. The Morgan fingerprint density at radius 2 is 1.11 bits per heavy atom. The van der Waals surface area contributed by atoms with Gasteiger partial charge < -0.3 is 5.11 Å². The Bertz CT molecular complexity index is 504. The van der Waals surface area contributed by atoms with Crippen LogP contribution in [0.3, 0.4) is 0 Å². The highest BCUT2D eigenvalue weighted by atomic mass is 16.3. The lowest BCUT2D eigenvalue weighted by atomic mass is 9.74. The Labute approximate surface area is 168 Å². The third-order valence-electron chi connectivity index (χ3n) is 7.66. The first-order valence-corrected chi connectivity index (χ1v) is 12.0. The van der Waals surface area contributed by atoms with Gasteiger partial charge in [0.1, 0.15) is 5.75 Å². The minimum absolute atomic E-state index is 0.383. The van der Waals surface area contributed by atoms with Crippen LogP contribution in [0.1, 0.15) is 102 Å². The zero-order valence-electron chi connectivity index (χ0n) is 17.7. The molecule has 0 aliphatic heterocycles. The predicted molar refractivity (Wildman–Crippen MR) is 116 cm³/mol. The SMILES string of the molecule is CCCC[C@H]1CC[C@H](CC[C@H]2CC[C@H](CCc3ccc(O)cc3)CC2)CC1. The maximum Gasteiger partial charge on any atom is 0.115 e. The van der Waals surface area contributed by atoms with Crippen LogP contribution in [0.15, 0.2) is 24.3 Å². The molecule has 1 nitrogen and oxygen atoms in total. The van der Waals surface area contributed by atoms with Gasteiger partial charge in [-0.25, -0.2) is 0 Å². The lowest BCUT2D eigenvalue weighted by molar-refractivity contribution is 0.209. The van der Waals surface area contributed by atoms with Gasteiger partial charge in [0, 0.05) is 0 Å². The molecule has 2 aliphatic rings. The smallest absolute Gasteiger partial charge is 0.115 e. The minimum Gasteiger partial charge on any atom is -0.508 e. The van der Waals surface area contributed by atoms with Crippen LogP contribution in [0.2, 0.25) is 0 Å². The van der Waals surface area contributed by atoms with Crippen molar-refractivity contribution < 1.29 is 5.11 Å². The van der Waals surface area contributed by atoms with E-state index in [4.69, 9.17) is 0 Å². The molecule has 0 amide bonds. The van der Waals surface area contributed by atoms with E-state index < -0.39 is 0 Å². The second kappa shape index (κ2) is 11.1. The van der Waals surface area contributed by atoms with Gasteiger partial charge in [0.05, 0.1) is 0 Å². The summed E-state index contributed by atoms with van der Waals surface area (Å²) in [6, 6.07) is 7.81. The van der Waals surface area contributed by atoms with Gasteiger partial charge in [0.2, 0.25) is 0 Å². The Hall–Kier alpha value is -0.980. The largest absolute Gasteiger partial charge is 0.508 e. The van der Waals surface area contributed by atoms with E-state index in [2.05, 4.69) is 19.1 Å². The number of phenols is 1. The molecule has 1 N–H and O–H groups in total. The van der Waals surface area contributed by atoms with Crippen molar-refractivity contribution >= 4 is 0 Å². The van der Waals surface area contributed by atoms with Crippen molar-refractivity contribution in [2.45, 2.75) is 103 Å². The lowest BCUT2D eigenvalue weighted by Crippen LogP contribution is -2.18. The molecule has 1 aromatic rings. The van der Waals surface area contributed by atoms with E-state index in [9.17, 15) is 5.11 Å². The van der Waals surface area contributed by atoms with E-state index in [1.807, 2.05) is 12.1 Å². The monoisotopic (exact) mass is 370 g/mol. The first-order chi connectivity index (χ1) is 13.2. The number of unbranched alkanes of at least 4 members (excludes halogenated alkanes) is 1. The molecule has 0 heterocycles. The van der Waals surface area contributed by atoms with Gasteiger partial charge in [-0.3, -0.25) is 0 Å². The molecule has 2 saturated carbocycles. The number of aryl methyl sites for hydroxylation is 1. The molecule has 1 heteroatoms. The van der Waals surface area contributed by atoms with Crippen LogP contribution in [0.25, 0.3) is 0 Å². The summed E-state index contributed by atoms with van der Waals surface area (Å²) in [5.74, 6) is 4.45. The Kier molecular flexibility index (Phi) is 8.55. The van der Waals surface area contributed by atoms with Crippen LogP contribution >= 0.6 is 0 Å². The molecule has 0 saturated heterocycles. The predicted octanol–water partition coefficient (Wildman–Crippen LogP) is 7.91. The Morgan fingerprint density at radius 3 is 1.59 bits per heavy atom. The molecule has 0 atom stereocenters. The summed E-state index contributed by atoms with van der Waals surface area (Å²) in [4.78, 5) is 0. The number of aromatic hydroxyl groups is 1. The van der Waals surface area contributed by atoms with Gasteiger partial charge >= 0.3 is 0 Å². The number of phenolic OH excluding ortho intramolecular Hbond substituents is 1. The maximum absolute atomic E-state index is 9.39. The van der Waals surface area contributed by atoms with Crippen molar-refractivity contribution in [1.29, 1.82) is 0 Å². The Balaban J connectivity index is 1.26. The molecule has 0 bridgehead atoms. The topological polar surface area (TPSA) is 20.2 Å². The molecule has 152 valence electrons. The van der Waals surface area contributed by atoms with Crippen LogP contribution in [0, 0.1) is 23.7 Å². The third-order valence-corrected chi connectivity index (χ3v) is 7.66. The van der Waals surface area contributed by atoms with E-state index in [1.165, 1.54) is 102 Å². The average molecular weight is 371 g/mol. The summed E-state index contributed by atoms with van der Waals surface area (Å²) in [5.41, 5.74) is 1.38. The fourth-order valence-corrected chi connectivity index (χ4v) is 5.62. The molecule has 0 aromatic heterocycles. The Morgan fingerprint density at radius 1 is 0.667 bits per heavy atom. The van der Waals surface area contributed by atoms with Gasteiger partial charge in [-0.05, 0) is 54.2 Å². The van der Waals surface area contributed by atoms with Gasteiger partial charge in [0.25, 0.3) is 0 Å². The third kappa shape index (κ3) is 7.16. The molecule has 3 rings (SSSR count). The normalized spacial score (nSPS) is 28.9. The number of rotatable bonds is 9. The molecule has 0 spiro atoms. The second-order valence-corrected chi connectivity index (χ2v) is 9.70. The highest BCUT2D eigenvalue weighted by molar-refractivity contribution is 5.25. The van der Waals surface area contributed by atoms with Gasteiger partial charge in [0.15, 0.2) is 0 Å². The number of hydrogen-bond acceptors (Lipinski definition) is 1. The van der Waals surface area contributed by atoms with Crippen molar-refractivity contribution in [3.8, 4) is 5.75 Å². The lowest BCUT2D eigenvalue weighted by Gasteiger charge is -2.32. The van der Waals surface area contributed by atoms with Crippen molar-refractivity contribution in [2.24, 2.45) is 23.7 Å². The number of benzene rings is 1. The number of hydrogen-bond donors (Lipinski definition) is 1. The van der Waals surface area contributed by atoms with E-state index in [-0.39, 0.29) is 0 Å². The second-order valence-electron chi connectivity index (χ2n) is 9.70. The van der Waals surface area contributed by atoms with Gasteiger partial charge in [-0.1, -0.05) is 103 Å². The summed E-state index contributed by atoms with van der Waals surface area (Å²) in [6.07, 6.45) is 21.8. The highest BCUT2D eigenvalue weighted by Crippen LogP contribution is 2.38. The molecular weight excluding hydrogens is 328 g/mol. The van der Waals surface area contributed by atoms with Crippen LogP contribution in [-0.2, 0) is 6.42 Å². The van der Waals surface area contributed by atoms with Crippen LogP contribution in [-0.4, -0.2) is 5.11 Å². The van der Waals surface area contributed by atoms with E-state index in [1.54, 1.807) is 0 Å². The van der Waals surface area contributed by atoms with Gasteiger partial charge in [-0.15, -0.1) is 0 Å². The summed E-state index contributed by atoms with van der Waals surface area (Å²) >= 11 is 0.